The van der Waals surface area contributed by atoms with Crippen LogP contribution in [0.15, 0.2) is 53.7 Å². The number of carbonyl (C=O) groups is 1. The van der Waals surface area contributed by atoms with Crippen LogP contribution in [0.4, 0.5) is 5.69 Å². The van der Waals surface area contributed by atoms with Gasteiger partial charge in [0, 0.05) is 17.4 Å². The number of carbonyl (C=O) groups excluding carboxylic acids is 1. The Morgan fingerprint density at radius 2 is 1.82 bits per heavy atom. The summed E-state index contributed by atoms with van der Waals surface area (Å²) in [4.78, 5) is 15.2. The van der Waals surface area contributed by atoms with Crippen molar-refractivity contribution in [1.82, 2.24) is 14.8 Å². The van der Waals surface area contributed by atoms with Crippen LogP contribution in [0.1, 0.15) is 30.8 Å². The molecule has 2 atom stereocenters. The van der Waals surface area contributed by atoms with E-state index in [1.165, 1.54) is 22.9 Å². The topological polar surface area (TPSA) is 51.0 Å². The Balaban J connectivity index is 1.59. The van der Waals surface area contributed by atoms with Crippen molar-refractivity contribution in [2.75, 3.05) is 4.90 Å². The van der Waals surface area contributed by atoms with Crippen LogP contribution in [0, 0.1) is 13.8 Å². The molecule has 6 heteroatoms. The van der Waals surface area contributed by atoms with Gasteiger partial charge in [0.1, 0.15) is 5.82 Å². The highest BCUT2D eigenvalue weighted by Crippen LogP contribution is 2.35. The zero-order valence-corrected chi connectivity index (χ0v) is 17.4. The summed E-state index contributed by atoms with van der Waals surface area (Å²) < 4.78 is 2.01. The Morgan fingerprint density at radius 3 is 2.57 bits per heavy atom. The third-order valence-electron chi connectivity index (χ3n) is 5.16. The number of aromatic nitrogens is 3. The first-order valence-electron chi connectivity index (χ1n) is 9.52. The Kier molecular flexibility index (Phi) is 4.98. The molecule has 0 fully saturated rings. The largest absolute Gasteiger partial charge is 0.308 e. The van der Waals surface area contributed by atoms with Gasteiger partial charge in [-0.2, -0.15) is 0 Å². The van der Waals surface area contributed by atoms with E-state index in [-0.39, 0.29) is 17.2 Å². The van der Waals surface area contributed by atoms with E-state index in [0.717, 1.165) is 28.8 Å². The minimum absolute atomic E-state index is 0.110. The number of benzene rings is 2. The number of hydrogen-bond donors (Lipinski definition) is 0. The Bertz CT molecular complexity index is 1010. The summed E-state index contributed by atoms with van der Waals surface area (Å²) in [5.41, 5.74) is 4.48. The average molecular weight is 393 g/mol. The zero-order chi connectivity index (χ0) is 19.8. The fraction of sp³-hybridized carbons (Fsp3) is 0.318. The normalized spacial score (nSPS) is 16.9. The molecule has 4 rings (SSSR count). The summed E-state index contributed by atoms with van der Waals surface area (Å²) in [6.07, 6.45) is 0.901. The lowest BCUT2D eigenvalue weighted by molar-refractivity contribution is -0.118. The van der Waals surface area contributed by atoms with Gasteiger partial charge in [-0.3, -0.25) is 9.36 Å². The molecule has 0 spiro atoms. The molecule has 0 radical (unpaired) electrons. The molecule has 0 aliphatic carbocycles. The second-order valence-electron chi connectivity index (χ2n) is 7.35. The number of fused-ring (bicyclic) bond motifs is 1. The molecule has 0 bridgehead atoms. The van der Waals surface area contributed by atoms with E-state index in [4.69, 9.17) is 0 Å². The number of amides is 1. The van der Waals surface area contributed by atoms with Crippen molar-refractivity contribution in [3.8, 4) is 5.69 Å². The smallest absolute Gasteiger partial charge is 0.240 e. The van der Waals surface area contributed by atoms with Gasteiger partial charge in [0.05, 0.1) is 5.25 Å². The molecule has 1 amide bonds. The predicted octanol–water partition coefficient (Wildman–Crippen LogP) is 4.34. The molecule has 1 aromatic heterocycles. The minimum Gasteiger partial charge on any atom is -0.308 e. The van der Waals surface area contributed by atoms with Gasteiger partial charge in [0.25, 0.3) is 0 Å². The average Bonchev–Trinajstić information content (AvgIpc) is 3.21. The Morgan fingerprint density at radius 1 is 1.11 bits per heavy atom. The fourth-order valence-corrected chi connectivity index (χ4v) is 4.68. The van der Waals surface area contributed by atoms with Crippen LogP contribution in [0.2, 0.25) is 0 Å². The highest BCUT2D eigenvalue weighted by molar-refractivity contribution is 8.00. The van der Waals surface area contributed by atoms with Crippen molar-refractivity contribution in [3.05, 3.63) is 65.5 Å². The van der Waals surface area contributed by atoms with Crippen LogP contribution in [-0.4, -0.2) is 32.0 Å². The second-order valence-corrected chi connectivity index (χ2v) is 8.66. The number of thioether (sulfide) groups is 1. The first-order chi connectivity index (χ1) is 13.5. The molecule has 0 saturated carbocycles. The molecule has 5 nitrogen and oxygen atoms in total. The summed E-state index contributed by atoms with van der Waals surface area (Å²) in [6, 6.07) is 16.6. The van der Waals surface area contributed by atoms with Crippen LogP contribution in [-0.2, 0) is 11.2 Å². The molecule has 2 unspecified atom stereocenters. The van der Waals surface area contributed by atoms with E-state index < -0.39 is 0 Å². The van der Waals surface area contributed by atoms with Crippen molar-refractivity contribution < 1.29 is 4.79 Å². The molecule has 28 heavy (non-hydrogen) atoms. The van der Waals surface area contributed by atoms with Gasteiger partial charge in [0.2, 0.25) is 5.91 Å². The lowest BCUT2D eigenvalue weighted by Gasteiger charge is -2.25. The maximum Gasteiger partial charge on any atom is 0.240 e. The summed E-state index contributed by atoms with van der Waals surface area (Å²) in [5, 5.41) is 9.05. The molecule has 0 N–H and O–H groups in total. The van der Waals surface area contributed by atoms with E-state index >= 15 is 0 Å². The zero-order valence-electron chi connectivity index (χ0n) is 16.6. The van der Waals surface area contributed by atoms with E-state index in [1.54, 1.807) is 0 Å². The van der Waals surface area contributed by atoms with Gasteiger partial charge >= 0.3 is 0 Å². The summed E-state index contributed by atoms with van der Waals surface area (Å²) in [5.74, 6) is 0.921. The summed E-state index contributed by atoms with van der Waals surface area (Å²) >= 11 is 1.46. The molecule has 0 saturated heterocycles. The SMILES string of the molecule is Cc1ccc(-n2c(C)nnc2SC(C)C(=O)N2c3ccccc3CC2C)cc1. The van der Waals surface area contributed by atoms with E-state index in [0.29, 0.717) is 0 Å². The van der Waals surface area contributed by atoms with E-state index in [1.807, 2.05) is 41.5 Å². The van der Waals surface area contributed by atoms with Crippen LogP contribution in [0.3, 0.4) is 0 Å². The van der Waals surface area contributed by atoms with Crippen LogP contribution < -0.4 is 4.90 Å². The Labute approximate surface area is 169 Å². The van der Waals surface area contributed by atoms with E-state index in [9.17, 15) is 4.79 Å². The maximum atomic E-state index is 13.3. The third kappa shape index (κ3) is 3.33. The molecular formula is C22H24N4OS. The summed E-state index contributed by atoms with van der Waals surface area (Å²) in [6.45, 7) is 8.05. The molecule has 144 valence electrons. The molecule has 2 heterocycles. The van der Waals surface area contributed by atoms with Gasteiger partial charge < -0.3 is 4.90 Å². The van der Waals surface area contributed by atoms with Crippen molar-refractivity contribution in [2.24, 2.45) is 0 Å². The van der Waals surface area contributed by atoms with Crippen molar-refractivity contribution >= 4 is 23.4 Å². The number of anilines is 1. The van der Waals surface area contributed by atoms with E-state index in [2.05, 4.69) is 54.4 Å². The summed E-state index contributed by atoms with van der Waals surface area (Å²) in [7, 11) is 0. The van der Waals surface area contributed by atoms with Gasteiger partial charge in [-0.25, -0.2) is 0 Å². The molecule has 3 aromatic rings. The monoisotopic (exact) mass is 392 g/mol. The van der Waals surface area contributed by atoms with Crippen LogP contribution in [0.5, 0.6) is 0 Å². The number of para-hydroxylation sites is 1. The number of nitrogens with zero attached hydrogens (tertiary/aromatic N) is 4. The first-order valence-corrected chi connectivity index (χ1v) is 10.4. The van der Waals surface area contributed by atoms with Crippen LogP contribution >= 0.6 is 11.8 Å². The van der Waals surface area contributed by atoms with Crippen molar-refractivity contribution in [1.29, 1.82) is 0 Å². The van der Waals surface area contributed by atoms with Gasteiger partial charge in [-0.05, 0) is 57.9 Å². The quantitative estimate of drug-likeness (QED) is 0.620. The highest BCUT2D eigenvalue weighted by Gasteiger charge is 2.34. The second kappa shape index (κ2) is 7.43. The van der Waals surface area contributed by atoms with Gasteiger partial charge in [0.15, 0.2) is 5.16 Å². The first kappa shape index (κ1) is 18.7. The number of aryl methyl sites for hydroxylation is 2. The molecular weight excluding hydrogens is 368 g/mol. The standard InChI is InChI=1S/C22H24N4OS/c1-14-9-11-19(12-10-14)26-17(4)23-24-22(26)28-16(3)21(27)25-15(2)13-18-7-5-6-8-20(18)25/h5-12,15-16H,13H2,1-4H3. The lowest BCUT2D eigenvalue weighted by atomic mass is 10.1. The molecule has 1 aliphatic heterocycles. The van der Waals surface area contributed by atoms with Crippen molar-refractivity contribution in [3.63, 3.8) is 0 Å². The fourth-order valence-electron chi connectivity index (χ4n) is 3.72. The highest BCUT2D eigenvalue weighted by atomic mass is 32.2. The Hall–Kier alpha value is -2.60. The van der Waals surface area contributed by atoms with Gasteiger partial charge in [-0.15, -0.1) is 10.2 Å². The van der Waals surface area contributed by atoms with Crippen LogP contribution in [0.25, 0.3) is 5.69 Å². The van der Waals surface area contributed by atoms with Gasteiger partial charge in [-0.1, -0.05) is 47.7 Å². The number of hydrogen-bond acceptors (Lipinski definition) is 4. The van der Waals surface area contributed by atoms with Crippen molar-refractivity contribution in [2.45, 2.75) is 50.6 Å². The molecule has 2 aromatic carbocycles. The minimum atomic E-state index is -0.263. The number of rotatable bonds is 4. The third-order valence-corrected chi connectivity index (χ3v) is 6.19. The maximum absolute atomic E-state index is 13.3. The predicted molar refractivity (Wildman–Crippen MR) is 113 cm³/mol. The lowest BCUT2D eigenvalue weighted by Crippen LogP contribution is -2.40. The molecule has 1 aliphatic rings.